The Hall–Kier alpha value is -0.730. The van der Waals surface area contributed by atoms with Gasteiger partial charge in [0.05, 0.1) is 7.11 Å². The van der Waals surface area contributed by atoms with Gasteiger partial charge in [0.1, 0.15) is 5.75 Å². The third-order valence-electron chi connectivity index (χ3n) is 2.53. The highest BCUT2D eigenvalue weighted by Crippen LogP contribution is 2.19. The predicted molar refractivity (Wildman–Crippen MR) is 69.3 cm³/mol. The van der Waals surface area contributed by atoms with Gasteiger partial charge in [0.25, 0.3) is 0 Å². The highest BCUT2D eigenvalue weighted by Gasteiger charge is 2.07. The molecule has 0 amide bonds. The van der Waals surface area contributed by atoms with Crippen LogP contribution in [0.4, 0.5) is 0 Å². The van der Waals surface area contributed by atoms with Crippen molar-refractivity contribution in [3.8, 4) is 5.75 Å². The topological polar surface area (TPSA) is 12.5 Å². The fourth-order valence-corrected chi connectivity index (χ4v) is 2.02. The van der Waals surface area contributed by atoms with Crippen LogP contribution in [0.1, 0.15) is 18.9 Å². The van der Waals surface area contributed by atoms with E-state index in [0.717, 1.165) is 31.8 Å². The van der Waals surface area contributed by atoms with Crippen molar-refractivity contribution in [2.45, 2.75) is 19.9 Å². The largest absolute Gasteiger partial charge is 0.496 e. The maximum Gasteiger partial charge on any atom is 0.123 e. The Bertz CT molecular complexity index is 298. The van der Waals surface area contributed by atoms with E-state index in [9.17, 15) is 0 Å². The highest BCUT2D eigenvalue weighted by molar-refractivity contribution is 6.18. The zero-order valence-corrected chi connectivity index (χ0v) is 10.8. The van der Waals surface area contributed by atoms with Gasteiger partial charge in [-0.15, -0.1) is 11.6 Å². The van der Waals surface area contributed by atoms with Crippen molar-refractivity contribution >= 4 is 11.6 Å². The minimum absolute atomic E-state index is 0.676. The van der Waals surface area contributed by atoms with Gasteiger partial charge in [-0.2, -0.15) is 0 Å². The molecule has 0 saturated carbocycles. The minimum Gasteiger partial charge on any atom is -0.496 e. The lowest BCUT2D eigenvalue weighted by Gasteiger charge is -2.21. The molecule has 16 heavy (non-hydrogen) atoms. The zero-order chi connectivity index (χ0) is 11.8. The molecule has 0 aliphatic heterocycles. The molecule has 0 N–H and O–H groups in total. The molecule has 2 nitrogen and oxygen atoms in total. The molecule has 1 aromatic rings. The maximum atomic E-state index is 5.80. The molecular formula is C13H20ClNO. The smallest absolute Gasteiger partial charge is 0.123 e. The van der Waals surface area contributed by atoms with Gasteiger partial charge in [-0.3, -0.25) is 4.90 Å². The fourth-order valence-electron chi connectivity index (χ4n) is 1.78. The SMILES string of the molecule is CCCN(CCCl)Cc1ccccc1OC. The van der Waals surface area contributed by atoms with Gasteiger partial charge in [-0.05, 0) is 19.0 Å². The lowest BCUT2D eigenvalue weighted by molar-refractivity contribution is 0.277. The van der Waals surface area contributed by atoms with Crippen LogP contribution in [0, 0.1) is 0 Å². The van der Waals surface area contributed by atoms with Crippen molar-refractivity contribution < 1.29 is 4.74 Å². The number of para-hydroxylation sites is 1. The van der Waals surface area contributed by atoms with Gasteiger partial charge in [-0.1, -0.05) is 25.1 Å². The van der Waals surface area contributed by atoms with Crippen LogP contribution < -0.4 is 4.74 Å². The van der Waals surface area contributed by atoms with Crippen LogP contribution in [0.2, 0.25) is 0 Å². The summed E-state index contributed by atoms with van der Waals surface area (Å²) in [7, 11) is 1.71. The summed E-state index contributed by atoms with van der Waals surface area (Å²) in [4.78, 5) is 2.35. The molecule has 0 aliphatic rings. The van der Waals surface area contributed by atoms with E-state index >= 15 is 0 Å². The molecular weight excluding hydrogens is 222 g/mol. The Kier molecular flexibility index (Phi) is 6.27. The summed E-state index contributed by atoms with van der Waals surface area (Å²) in [6, 6.07) is 8.15. The molecule has 0 fully saturated rings. The monoisotopic (exact) mass is 241 g/mol. The molecule has 0 aliphatic carbocycles. The lowest BCUT2D eigenvalue weighted by atomic mass is 10.2. The van der Waals surface area contributed by atoms with Crippen LogP contribution in [-0.4, -0.2) is 31.0 Å². The van der Waals surface area contributed by atoms with Crippen molar-refractivity contribution in [1.82, 2.24) is 4.90 Å². The minimum atomic E-state index is 0.676. The second kappa shape index (κ2) is 7.53. The van der Waals surface area contributed by atoms with Gasteiger partial charge in [-0.25, -0.2) is 0 Å². The number of halogens is 1. The van der Waals surface area contributed by atoms with Gasteiger partial charge in [0, 0.05) is 24.5 Å². The van der Waals surface area contributed by atoms with Crippen molar-refractivity contribution in [1.29, 1.82) is 0 Å². The van der Waals surface area contributed by atoms with E-state index in [0.29, 0.717) is 5.88 Å². The third-order valence-corrected chi connectivity index (χ3v) is 2.70. The predicted octanol–water partition coefficient (Wildman–Crippen LogP) is 3.15. The second-order valence-electron chi connectivity index (χ2n) is 3.78. The normalized spacial score (nSPS) is 10.8. The number of hydrogen-bond donors (Lipinski definition) is 0. The Morgan fingerprint density at radius 3 is 2.62 bits per heavy atom. The first-order valence-electron chi connectivity index (χ1n) is 5.72. The van der Waals surface area contributed by atoms with E-state index in [4.69, 9.17) is 16.3 Å². The zero-order valence-electron chi connectivity index (χ0n) is 10.1. The first kappa shape index (κ1) is 13.3. The summed E-state index contributed by atoms with van der Waals surface area (Å²) in [6.45, 7) is 5.09. The summed E-state index contributed by atoms with van der Waals surface area (Å²) in [6.07, 6.45) is 1.14. The van der Waals surface area contributed by atoms with E-state index in [1.54, 1.807) is 7.11 Å². The molecule has 1 aromatic carbocycles. The van der Waals surface area contributed by atoms with E-state index in [2.05, 4.69) is 17.9 Å². The van der Waals surface area contributed by atoms with Crippen LogP contribution in [0.15, 0.2) is 24.3 Å². The maximum absolute atomic E-state index is 5.80. The van der Waals surface area contributed by atoms with Gasteiger partial charge in [0.2, 0.25) is 0 Å². The van der Waals surface area contributed by atoms with Crippen molar-refractivity contribution in [2.75, 3.05) is 26.1 Å². The highest BCUT2D eigenvalue weighted by atomic mass is 35.5. The molecule has 0 saturated heterocycles. The summed E-state index contributed by atoms with van der Waals surface area (Å²) in [5.41, 5.74) is 1.23. The Morgan fingerprint density at radius 1 is 1.25 bits per heavy atom. The van der Waals surface area contributed by atoms with Crippen LogP contribution in [0.3, 0.4) is 0 Å². The average molecular weight is 242 g/mol. The summed E-state index contributed by atoms with van der Waals surface area (Å²) < 4.78 is 5.34. The molecule has 0 spiro atoms. The number of hydrogen-bond acceptors (Lipinski definition) is 2. The van der Waals surface area contributed by atoms with Crippen molar-refractivity contribution in [2.24, 2.45) is 0 Å². The average Bonchev–Trinajstić information content (AvgIpc) is 2.30. The Morgan fingerprint density at radius 2 is 2.00 bits per heavy atom. The van der Waals surface area contributed by atoms with E-state index in [-0.39, 0.29) is 0 Å². The van der Waals surface area contributed by atoms with Crippen molar-refractivity contribution in [3.63, 3.8) is 0 Å². The van der Waals surface area contributed by atoms with Crippen LogP contribution in [0.5, 0.6) is 5.75 Å². The summed E-state index contributed by atoms with van der Waals surface area (Å²) in [5, 5.41) is 0. The first-order valence-corrected chi connectivity index (χ1v) is 6.25. The third kappa shape index (κ3) is 4.03. The lowest BCUT2D eigenvalue weighted by Crippen LogP contribution is -2.26. The first-order chi connectivity index (χ1) is 7.81. The number of ether oxygens (including phenoxy) is 1. The quantitative estimate of drug-likeness (QED) is 0.680. The van der Waals surface area contributed by atoms with E-state index < -0.39 is 0 Å². The standard InChI is InChI=1S/C13H20ClNO/c1-3-9-15(10-8-14)11-12-6-4-5-7-13(12)16-2/h4-7H,3,8-11H2,1-2H3. The van der Waals surface area contributed by atoms with Gasteiger partial charge < -0.3 is 4.74 Å². The molecule has 0 bridgehead atoms. The van der Waals surface area contributed by atoms with E-state index in [1.165, 1.54) is 5.56 Å². The van der Waals surface area contributed by atoms with Crippen LogP contribution in [-0.2, 0) is 6.54 Å². The molecule has 0 unspecified atom stereocenters. The summed E-state index contributed by atoms with van der Waals surface area (Å²) >= 11 is 5.80. The van der Waals surface area contributed by atoms with Crippen LogP contribution in [0.25, 0.3) is 0 Å². The van der Waals surface area contributed by atoms with E-state index in [1.807, 2.05) is 18.2 Å². The number of alkyl halides is 1. The van der Waals surface area contributed by atoms with Gasteiger partial charge >= 0.3 is 0 Å². The fraction of sp³-hybridized carbons (Fsp3) is 0.538. The molecule has 0 radical (unpaired) electrons. The van der Waals surface area contributed by atoms with Crippen LogP contribution >= 0.6 is 11.6 Å². The Labute approximate surface area is 103 Å². The van der Waals surface area contributed by atoms with Crippen molar-refractivity contribution in [3.05, 3.63) is 29.8 Å². The second-order valence-corrected chi connectivity index (χ2v) is 4.15. The molecule has 0 aromatic heterocycles. The number of rotatable bonds is 7. The number of benzene rings is 1. The molecule has 0 atom stereocenters. The molecule has 3 heteroatoms. The molecule has 0 heterocycles. The summed E-state index contributed by atoms with van der Waals surface area (Å²) in [5.74, 6) is 1.63. The number of methoxy groups -OCH3 is 1. The molecule has 90 valence electrons. The van der Waals surface area contributed by atoms with Gasteiger partial charge in [0.15, 0.2) is 0 Å². The number of nitrogens with zero attached hydrogens (tertiary/aromatic N) is 1. The molecule has 1 rings (SSSR count). The Balaban J connectivity index is 2.67.